The zero-order valence-corrected chi connectivity index (χ0v) is 14.0. The fraction of sp³-hybridized carbons (Fsp3) is 0.250. The van der Waals surface area contributed by atoms with Gasteiger partial charge in [0, 0.05) is 17.5 Å². The smallest absolute Gasteiger partial charge is 0.287 e. The summed E-state index contributed by atoms with van der Waals surface area (Å²) in [5.74, 6) is 1.07. The largest absolute Gasteiger partial charge is 0.494 e. The number of furan rings is 1. The minimum Gasteiger partial charge on any atom is -0.494 e. The second-order valence-corrected chi connectivity index (χ2v) is 5.60. The maximum atomic E-state index is 12.4. The number of rotatable bonds is 6. The van der Waals surface area contributed by atoms with Gasteiger partial charge in [0.05, 0.1) is 6.61 Å². The van der Waals surface area contributed by atoms with Crippen LogP contribution in [0.15, 0.2) is 52.9 Å². The van der Waals surface area contributed by atoms with Crippen LogP contribution >= 0.6 is 0 Å². The molecular weight excluding hydrogens is 302 g/mol. The van der Waals surface area contributed by atoms with Crippen LogP contribution in [0.3, 0.4) is 0 Å². The van der Waals surface area contributed by atoms with Crippen molar-refractivity contribution in [1.82, 2.24) is 5.32 Å². The van der Waals surface area contributed by atoms with Crippen molar-refractivity contribution in [2.45, 2.75) is 20.3 Å². The molecule has 0 atom stereocenters. The van der Waals surface area contributed by atoms with Gasteiger partial charge in [-0.2, -0.15) is 0 Å². The summed E-state index contributed by atoms with van der Waals surface area (Å²) in [7, 11) is 0. The molecule has 0 saturated heterocycles. The maximum Gasteiger partial charge on any atom is 0.287 e. The van der Waals surface area contributed by atoms with Crippen molar-refractivity contribution in [2.24, 2.45) is 0 Å². The Morgan fingerprint density at radius 3 is 2.67 bits per heavy atom. The Morgan fingerprint density at radius 2 is 1.88 bits per heavy atom. The Kier molecular flexibility index (Phi) is 4.85. The highest BCUT2D eigenvalue weighted by atomic mass is 16.5. The van der Waals surface area contributed by atoms with Gasteiger partial charge >= 0.3 is 0 Å². The van der Waals surface area contributed by atoms with Gasteiger partial charge < -0.3 is 14.5 Å². The van der Waals surface area contributed by atoms with E-state index >= 15 is 0 Å². The van der Waals surface area contributed by atoms with Gasteiger partial charge in [0.25, 0.3) is 5.91 Å². The van der Waals surface area contributed by atoms with Crippen LogP contribution in [0.1, 0.15) is 28.6 Å². The molecule has 3 rings (SSSR count). The van der Waals surface area contributed by atoms with E-state index in [9.17, 15) is 4.79 Å². The van der Waals surface area contributed by atoms with Crippen LogP contribution in [0, 0.1) is 6.92 Å². The number of hydrogen-bond acceptors (Lipinski definition) is 3. The second-order valence-electron chi connectivity index (χ2n) is 5.60. The fourth-order valence-electron chi connectivity index (χ4n) is 2.79. The van der Waals surface area contributed by atoms with Gasteiger partial charge in [0.2, 0.25) is 0 Å². The number of aryl methyl sites for hydroxylation is 1. The first-order valence-corrected chi connectivity index (χ1v) is 8.17. The zero-order chi connectivity index (χ0) is 16.9. The van der Waals surface area contributed by atoms with Gasteiger partial charge in [-0.1, -0.05) is 36.4 Å². The predicted octanol–water partition coefficient (Wildman–Crippen LogP) is 4.11. The molecule has 0 saturated carbocycles. The van der Waals surface area contributed by atoms with E-state index in [0.717, 1.165) is 27.8 Å². The van der Waals surface area contributed by atoms with Gasteiger partial charge in [-0.3, -0.25) is 4.79 Å². The Hall–Kier alpha value is -2.75. The molecule has 4 heteroatoms. The summed E-state index contributed by atoms with van der Waals surface area (Å²) < 4.78 is 11.3. The Labute approximate surface area is 141 Å². The molecule has 124 valence electrons. The summed E-state index contributed by atoms with van der Waals surface area (Å²) in [5.41, 5.74) is 2.70. The second kappa shape index (κ2) is 7.21. The summed E-state index contributed by atoms with van der Waals surface area (Å²) in [5, 5.41) is 3.91. The number of nitrogens with one attached hydrogen (secondary N) is 1. The van der Waals surface area contributed by atoms with Crippen molar-refractivity contribution < 1.29 is 13.9 Å². The number of carbonyl (C=O) groups is 1. The molecule has 0 bridgehead atoms. The fourth-order valence-corrected chi connectivity index (χ4v) is 2.79. The highest BCUT2D eigenvalue weighted by Gasteiger charge is 2.16. The summed E-state index contributed by atoms with van der Waals surface area (Å²) >= 11 is 0. The van der Waals surface area contributed by atoms with Gasteiger partial charge in [-0.25, -0.2) is 0 Å². The van der Waals surface area contributed by atoms with E-state index in [-0.39, 0.29) is 5.91 Å². The van der Waals surface area contributed by atoms with Crippen molar-refractivity contribution in [3.8, 4) is 5.75 Å². The summed E-state index contributed by atoms with van der Waals surface area (Å²) in [6.45, 7) is 5.02. The minimum absolute atomic E-state index is 0.183. The minimum atomic E-state index is -0.183. The van der Waals surface area contributed by atoms with Crippen LogP contribution in [0.5, 0.6) is 5.75 Å². The van der Waals surface area contributed by atoms with E-state index in [1.165, 1.54) is 0 Å². The van der Waals surface area contributed by atoms with Crippen LogP contribution in [0.2, 0.25) is 0 Å². The molecule has 0 radical (unpaired) electrons. The molecular formula is C20H21NO3. The molecule has 24 heavy (non-hydrogen) atoms. The van der Waals surface area contributed by atoms with Gasteiger partial charge in [-0.05, 0) is 38.0 Å². The summed E-state index contributed by atoms with van der Waals surface area (Å²) in [4.78, 5) is 12.4. The number of fused-ring (bicyclic) bond motifs is 1. The topological polar surface area (TPSA) is 51.5 Å². The molecule has 0 aliphatic rings. The third kappa shape index (κ3) is 3.27. The first-order valence-electron chi connectivity index (χ1n) is 8.17. The normalized spacial score (nSPS) is 10.8. The van der Waals surface area contributed by atoms with Crippen LogP contribution in [0.25, 0.3) is 11.0 Å². The molecule has 1 aromatic heterocycles. The van der Waals surface area contributed by atoms with Crippen LogP contribution in [-0.2, 0) is 6.42 Å². The molecule has 0 fully saturated rings. The van der Waals surface area contributed by atoms with Crippen molar-refractivity contribution in [1.29, 1.82) is 0 Å². The van der Waals surface area contributed by atoms with Gasteiger partial charge in [0.1, 0.15) is 11.3 Å². The molecule has 0 aliphatic carbocycles. The SMILES string of the molecule is CCOc1ccccc1CCNC(=O)c1oc2ccccc2c1C. The summed E-state index contributed by atoms with van der Waals surface area (Å²) in [6, 6.07) is 15.6. The highest BCUT2D eigenvalue weighted by Crippen LogP contribution is 2.24. The summed E-state index contributed by atoms with van der Waals surface area (Å²) in [6.07, 6.45) is 0.710. The molecule has 3 aromatic rings. The van der Waals surface area contributed by atoms with Gasteiger partial charge in [-0.15, -0.1) is 0 Å². The number of carbonyl (C=O) groups excluding carboxylic acids is 1. The molecule has 0 aliphatic heterocycles. The molecule has 2 aromatic carbocycles. The maximum absolute atomic E-state index is 12.4. The van der Waals surface area contributed by atoms with E-state index in [1.54, 1.807) is 0 Å². The number of amides is 1. The Balaban J connectivity index is 1.66. The predicted molar refractivity (Wildman–Crippen MR) is 94.6 cm³/mol. The van der Waals surface area contributed by atoms with Crippen molar-refractivity contribution in [2.75, 3.05) is 13.2 Å². The van der Waals surface area contributed by atoms with Crippen molar-refractivity contribution >= 4 is 16.9 Å². The zero-order valence-electron chi connectivity index (χ0n) is 14.0. The highest BCUT2D eigenvalue weighted by molar-refractivity contribution is 5.98. The van der Waals surface area contributed by atoms with E-state index in [1.807, 2.05) is 62.4 Å². The van der Waals surface area contributed by atoms with E-state index in [4.69, 9.17) is 9.15 Å². The Morgan fingerprint density at radius 1 is 1.12 bits per heavy atom. The standard InChI is InChI=1S/C20H21NO3/c1-3-23-17-10-6-4-8-15(17)12-13-21-20(22)19-14(2)16-9-5-7-11-18(16)24-19/h4-11H,3,12-13H2,1-2H3,(H,21,22). The Bertz CT molecular complexity index is 851. The lowest BCUT2D eigenvalue weighted by molar-refractivity contribution is 0.0927. The van der Waals surface area contributed by atoms with Gasteiger partial charge in [0.15, 0.2) is 5.76 Å². The third-order valence-corrected chi connectivity index (χ3v) is 4.00. The lowest BCUT2D eigenvalue weighted by atomic mass is 10.1. The molecule has 0 unspecified atom stereocenters. The monoisotopic (exact) mass is 323 g/mol. The first-order chi connectivity index (χ1) is 11.7. The molecule has 1 N–H and O–H groups in total. The van der Waals surface area contributed by atoms with Crippen LogP contribution in [0.4, 0.5) is 0 Å². The number of ether oxygens (including phenoxy) is 1. The molecule has 0 spiro atoms. The van der Waals surface area contributed by atoms with E-state index in [0.29, 0.717) is 25.3 Å². The number of hydrogen-bond donors (Lipinski definition) is 1. The number of benzene rings is 2. The molecule has 4 nitrogen and oxygen atoms in total. The third-order valence-electron chi connectivity index (χ3n) is 4.00. The quantitative estimate of drug-likeness (QED) is 0.742. The average molecular weight is 323 g/mol. The van der Waals surface area contributed by atoms with Crippen molar-refractivity contribution in [3.05, 3.63) is 65.4 Å². The average Bonchev–Trinajstić information content (AvgIpc) is 2.94. The van der Waals surface area contributed by atoms with Crippen LogP contribution < -0.4 is 10.1 Å². The van der Waals surface area contributed by atoms with Crippen molar-refractivity contribution in [3.63, 3.8) is 0 Å². The first kappa shape index (κ1) is 16.1. The van der Waals surface area contributed by atoms with Crippen LogP contribution in [-0.4, -0.2) is 19.1 Å². The molecule has 1 amide bonds. The number of para-hydroxylation sites is 2. The lowest BCUT2D eigenvalue weighted by Crippen LogP contribution is -2.26. The van der Waals surface area contributed by atoms with E-state index < -0.39 is 0 Å². The lowest BCUT2D eigenvalue weighted by Gasteiger charge is -2.10. The molecule has 1 heterocycles. The van der Waals surface area contributed by atoms with E-state index in [2.05, 4.69) is 5.32 Å².